The highest BCUT2D eigenvalue weighted by Gasteiger charge is 2.31. The third kappa shape index (κ3) is 7.12. The van der Waals surface area contributed by atoms with Gasteiger partial charge < -0.3 is 10.2 Å². The molecule has 0 unspecified atom stereocenters. The van der Waals surface area contributed by atoms with Crippen molar-refractivity contribution in [1.82, 2.24) is 10.2 Å². The standard InChI is InChI=1S/C22H27Cl2N3O4S/c1-4-20(22(29)25-5-2)26(14-16-6-8-17(23)9-7-16)21(28)15-27(32(3,30)31)19-12-10-18(24)11-13-19/h6-13,20H,4-5,14-15H2,1-3H3,(H,25,29)/t20-/m0/s1. The summed E-state index contributed by atoms with van der Waals surface area (Å²) >= 11 is 11.9. The third-order valence-electron chi connectivity index (χ3n) is 4.80. The number of anilines is 1. The molecule has 1 atom stereocenters. The van der Waals surface area contributed by atoms with Crippen LogP contribution in [0.15, 0.2) is 48.5 Å². The van der Waals surface area contributed by atoms with Gasteiger partial charge in [-0.05, 0) is 55.3 Å². The van der Waals surface area contributed by atoms with Crippen molar-refractivity contribution in [3.05, 3.63) is 64.1 Å². The fraction of sp³-hybridized carbons (Fsp3) is 0.364. The molecule has 1 N–H and O–H groups in total. The largest absolute Gasteiger partial charge is 0.355 e. The van der Waals surface area contributed by atoms with E-state index in [2.05, 4.69) is 5.32 Å². The van der Waals surface area contributed by atoms with Gasteiger partial charge in [-0.25, -0.2) is 8.42 Å². The Morgan fingerprint density at radius 1 is 0.969 bits per heavy atom. The maximum absolute atomic E-state index is 13.4. The molecule has 2 rings (SSSR count). The molecule has 0 bridgehead atoms. The number of nitrogens with one attached hydrogen (secondary N) is 1. The Bertz CT molecular complexity index is 1030. The van der Waals surface area contributed by atoms with Gasteiger partial charge in [0, 0.05) is 23.1 Å². The maximum atomic E-state index is 13.4. The van der Waals surface area contributed by atoms with Crippen molar-refractivity contribution < 1.29 is 18.0 Å². The number of amides is 2. The van der Waals surface area contributed by atoms with Crippen LogP contribution in [0.5, 0.6) is 0 Å². The molecule has 2 aromatic carbocycles. The first-order chi connectivity index (χ1) is 15.1. The van der Waals surface area contributed by atoms with Gasteiger partial charge in [0.05, 0.1) is 11.9 Å². The van der Waals surface area contributed by atoms with Gasteiger partial charge in [-0.1, -0.05) is 42.3 Å². The lowest BCUT2D eigenvalue weighted by Gasteiger charge is -2.32. The van der Waals surface area contributed by atoms with Crippen LogP contribution in [0.4, 0.5) is 5.69 Å². The van der Waals surface area contributed by atoms with Crippen LogP contribution in [0.1, 0.15) is 25.8 Å². The summed E-state index contributed by atoms with van der Waals surface area (Å²) in [6, 6.07) is 12.3. The lowest BCUT2D eigenvalue weighted by Crippen LogP contribution is -2.52. The minimum atomic E-state index is -3.78. The minimum absolute atomic E-state index is 0.129. The number of carbonyl (C=O) groups is 2. The quantitative estimate of drug-likeness (QED) is 0.539. The molecule has 0 aliphatic carbocycles. The highest BCUT2D eigenvalue weighted by Crippen LogP contribution is 2.22. The molecule has 174 valence electrons. The Morgan fingerprint density at radius 2 is 1.50 bits per heavy atom. The van der Waals surface area contributed by atoms with Crippen LogP contribution in [0.3, 0.4) is 0 Å². The molecule has 0 saturated heterocycles. The fourth-order valence-electron chi connectivity index (χ4n) is 3.22. The molecule has 0 aliphatic rings. The van der Waals surface area contributed by atoms with E-state index in [4.69, 9.17) is 23.2 Å². The Labute approximate surface area is 199 Å². The van der Waals surface area contributed by atoms with E-state index >= 15 is 0 Å². The third-order valence-corrected chi connectivity index (χ3v) is 6.44. The number of nitrogens with zero attached hydrogens (tertiary/aromatic N) is 2. The van der Waals surface area contributed by atoms with Crippen LogP contribution >= 0.6 is 23.2 Å². The molecule has 32 heavy (non-hydrogen) atoms. The molecular weight excluding hydrogens is 473 g/mol. The van der Waals surface area contributed by atoms with Crippen molar-refractivity contribution in [1.29, 1.82) is 0 Å². The van der Waals surface area contributed by atoms with Crippen molar-refractivity contribution in [2.45, 2.75) is 32.9 Å². The Morgan fingerprint density at radius 3 is 1.97 bits per heavy atom. The van der Waals surface area contributed by atoms with Crippen LogP contribution in [0.2, 0.25) is 10.0 Å². The average Bonchev–Trinajstić information content (AvgIpc) is 2.73. The smallest absolute Gasteiger partial charge is 0.244 e. The zero-order valence-electron chi connectivity index (χ0n) is 18.2. The number of hydrogen-bond donors (Lipinski definition) is 1. The SMILES string of the molecule is CCNC(=O)[C@H](CC)N(Cc1ccc(Cl)cc1)C(=O)CN(c1ccc(Cl)cc1)S(C)(=O)=O. The number of halogens is 2. The molecule has 2 amide bonds. The molecule has 0 aliphatic heterocycles. The van der Waals surface area contributed by atoms with E-state index in [1.165, 1.54) is 17.0 Å². The zero-order valence-corrected chi connectivity index (χ0v) is 20.5. The summed E-state index contributed by atoms with van der Waals surface area (Å²) in [7, 11) is -3.78. The van der Waals surface area contributed by atoms with Crippen molar-refractivity contribution >= 4 is 50.7 Å². The monoisotopic (exact) mass is 499 g/mol. The zero-order chi connectivity index (χ0) is 23.9. The van der Waals surface area contributed by atoms with E-state index < -0.39 is 28.5 Å². The van der Waals surface area contributed by atoms with E-state index in [9.17, 15) is 18.0 Å². The molecule has 0 heterocycles. The molecule has 2 aromatic rings. The molecule has 0 fully saturated rings. The van der Waals surface area contributed by atoms with Crippen molar-refractivity contribution in [2.24, 2.45) is 0 Å². The van der Waals surface area contributed by atoms with E-state index in [1.807, 2.05) is 0 Å². The first kappa shape index (κ1) is 26.0. The summed E-state index contributed by atoms with van der Waals surface area (Å²) in [6.45, 7) is 3.68. The van der Waals surface area contributed by atoms with Gasteiger partial charge in [-0.2, -0.15) is 0 Å². The van der Waals surface area contributed by atoms with Crippen molar-refractivity contribution in [3.8, 4) is 0 Å². The summed E-state index contributed by atoms with van der Waals surface area (Å²) in [4.78, 5) is 27.5. The van der Waals surface area contributed by atoms with Crippen LogP contribution in [0, 0.1) is 0 Å². The maximum Gasteiger partial charge on any atom is 0.244 e. The Kier molecular flexibility index (Phi) is 9.36. The Hall–Kier alpha value is -2.29. The van der Waals surface area contributed by atoms with Crippen LogP contribution < -0.4 is 9.62 Å². The summed E-state index contributed by atoms with van der Waals surface area (Å²) in [5.74, 6) is -0.798. The van der Waals surface area contributed by atoms with E-state index in [1.54, 1.807) is 50.2 Å². The van der Waals surface area contributed by atoms with E-state index in [0.29, 0.717) is 28.7 Å². The summed E-state index contributed by atoms with van der Waals surface area (Å²) in [6.07, 6.45) is 1.39. The summed E-state index contributed by atoms with van der Waals surface area (Å²) in [5.41, 5.74) is 1.07. The van der Waals surface area contributed by atoms with Gasteiger partial charge in [0.15, 0.2) is 0 Å². The highest BCUT2D eigenvalue weighted by atomic mass is 35.5. The molecule has 7 nitrogen and oxygen atoms in total. The van der Waals surface area contributed by atoms with Gasteiger partial charge in [0.2, 0.25) is 21.8 Å². The molecule has 0 saturated carbocycles. The van der Waals surface area contributed by atoms with Gasteiger partial charge in [-0.3, -0.25) is 13.9 Å². The molecule has 0 radical (unpaired) electrons. The minimum Gasteiger partial charge on any atom is -0.355 e. The number of rotatable bonds is 10. The lowest BCUT2D eigenvalue weighted by atomic mass is 10.1. The van der Waals surface area contributed by atoms with Crippen molar-refractivity contribution in [2.75, 3.05) is 23.7 Å². The van der Waals surface area contributed by atoms with Crippen LogP contribution in [-0.4, -0.2) is 50.5 Å². The average molecular weight is 500 g/mol. The first-order valence-corrected chi connectivity index (χ1v) is 12.7. The lowest BCUT2D eigenvalue weighted by molar-refractivity contribution is -0.140. The van der Waals surface area contributed by atoms with Gasteiger partial charge in [0.25, 0.3) is 0 Å². The van der Waals surface area contributed by atoms with Crippen LogP contribution in [-0.2, 0) is 26.2 Å². The Balaban J connectivity index is 2.40. The summed E-state index contributed by atoms with van der Waals surface area (Å²) in [5, 5.41) is 3.74. The molecule has 10 heteroatoms. The summed E-state index contributed by atoms with van der Waals surface area (Å²) < 4.78 is 26.0. The van der Waals surface area contributed by atoms with E-state index in [-0.39, 0.29) is 12.5 Å². The topological polar surface area (TPSA) is 86.8 Å². The second-order valence-corrected chi connectivity index (χ2v) is 9.99. The predicted octanol–water partition coefficient (Wildman–Crippen LogP) is 3.70. The van der Waals surface area contributed by atoms with Crippen molar-refractivity contribution in [3.63, 3.8) is 0 Å². The normalized spacial score (nSPS) is 12.2. The number of hydrogen-bond acceptors (Lipinski definition) is 4. The van der Waals surface area contributed by atoms with E-state index in [0.717, 1.165) is 16.1 Å². The van der Waals surface area contributed by atoms with Gasteiger partial charge >= 0.3 is 0 Å². The van der Waals surface area contributed by atoms with Crippen LogP contribution in [0.25, 0.3) is 0 Å². The number of sulfonamides is 1. The second kappa shape index (κ2) is 11.5. The first-order valence-electron chi connectivity index (χ1n) is 10.1. The van der Waals surface area contributed by atoms with Gasteiger partial charge in [-0.15, -0.1) is 0 Å². The predicted molar refractivity (Wildman–Crippen MR) is 128 cm³/mol. The fourth-order valence-corrected chi connectivity index (χ4v) is 4.32. The molecule has 0 spiro atoms. The molecule has 0 aromatic heterocycles. The number of benzene rings is 2. The highest BCUT2D eigenvalue weighted by molar-refractivity contribution is 7.92. The second-order valence-electron chi connectivity index (χ2n) is 7.21. The molecular formula is C22H27Cl2N3O4S. The van der Waals surface area contributed by atoms with Gasteiger partial charge in [0.1, 0.15) is 12.6 Å². The number of carbonyl (C=O) groups excluding carboxylic acids is 2. The number of likely N-dealkylation sites (N-methyl/N-ethyl adjacent to an activating group) is 1.